The fraction of sp³-hybridized carbons (Fsp3) is 0.280. The standard InChI is InChI=1S/C25H25N3O2/c1-3-4-7-23(29)18-11-9-17(10-12-18)13-22-25-20(6-5-8-24(25)30)21(15-26-22)19-14-27-28(2)16-19/h5-6,9-12,14-16H,3-4,7-8,13H2,1-2H3. The number of hydrogen-bond acceptors (Lipinski definition) is 4. The summed E-state index contributed by atoms with van der Waals surface area (Å²) in [7, 11) is 1.87. The van der Waals surface area contributed by atoms with Crippen LogP contribution < -0.4 is 0 Å². The summed E-state index contributed by atoms with van der Waals surface area (Å²) in [4.78, 5) is 29.6. The lowest BCUT2D eigenvalue weighted by Crippen LogP contribution is -2.12. The lowest BCUT2D eigenvalue weighted by Gasteiger charge is -2.17. The number of ketones is 2. The molecule has 0 saturated heterocycles. The molecule has 0 fully saturated rings. The number of carbonyl (C=O) groups is 2. The number of carbonyl (C=O) groups excluding carboxylic acids is 2. The van der Waals surface area contributed by atoms with Crippen molar-refractivity contribution in [3.05, 3.63) is 76.9 Å². The molecule has 0 unspecified atom stereocenters. The predicted octanol–water partition coefficient (Wildman–Crippen LogP) is 5.05. The van der Waals surface area contributed by atoms with Gasteiger partial charge < -0.3 is 0 Å². The lowest BCUT2D eigenvalue weighted by molar-refractivity contribution is 0.0976. The second-order valence-corrected chi connectivity index (χ2v) is 7.74. The van der Waals surface area contributed by atoms with Gasteiger partial charge in [0, 0.05) is 61.0 Å². The largest absolute Gasteiger partial charge is 0.294 e. The molecular formula is C25H25N3O2. The molecule has 0 N–H and O–H groups in total. The van der Waals surface area contributed by atoms with Crippen LogP contribution in [-0.4, -0.2) is 26.3 Å². The molecule has 3 aromatic rings. The highest BCUT2D eigenvalue weighted by molar-refractivity contribution is 6.06. The Labute approximate surface area is 176 Å². The van der Waals surface area contributed by atoms with Gasteiger partial charge >= 0.3 is 0 Å². The van der Waals surface area contributed by atoms with Gasteiger partial charge in [-0.05, 0) is 17.5 Å². The molecule has 1 aromatic carbocycles. The topological polar surface area (TPSA) is 64.8 Å². The smallest absolute Gasteiger partial charge is 0.169 e. The van der Waals surface area contributed by atoms with E-state index in [1.165, 1.54) is 0 Å². The third kappa shape index (κ3) is 4.01. The molecule has 5 heteroatoms. The molecule has 0 aliphatic heterocycles. The van der Waals surface area contributed by atoms with Gasteiger partial charge in [-0.3, -0.25) is 19.3 Å². The average Bonchev–Trinajstić information content (AvgIpc) is 3.18. The first-order chi connectivity index (χ1) is 14.6. The number of allylic oxidation sites excluding steroid dienone is 1. The van der Waals surface area contributed by atoms with Crippen molar-refractivity contribution in [1.29, 1.82) is 0 Å². The van der Waals surface area contributed by atoms with Crippen molar-refractivity contribution in [3.63, 3.8) is 0 Å². The van der Waals surface area contributed by atoms with Crippen LogP contribution in [0.15, 0.2) is 48.9 Å². The van der Waals surface area contributed by atoms with Crippen LogP contribution >= 0.6 is 0 Å². The molecule has 0 radical (unpaired) electrons. The summed E-state index contributed by atoms with van der Waals surface area (Å²) in [5.41, 5.74) is 6.03. The van der Waals surface area contributed by atoms with E-state index in [2.05, 4.69) is 17.0 Å². The van der Waals surface area contributed by atoms with Gasteiger partial charge in [-0.1, -0.05) is 49.8 Å². The maximum Gasteiger partial charge on any atom is 0.169 e. The minimum Gasteiger partial charge on any atom is -0.294 e. The number of aromatic nitrogens is 3. The zero-order chi connectivity index (χ0) is 21.1. The fourth-order valence-corrected chi connectivity index (χ4v) is 3.84. The predicted molar refractivity (Wildman–Crippen MR) is 118 cm³/mol. The van der Waals surface area contributed by atoms with Crippen LogP contribution in [0.5, 0.6) is 0 Å². The summed E-state index contributed by atoms with van der Waals surface area (Å²) in [6, 6.07) is 7.69. The fourth-order valence-electron chi connectivity index (χ4n) is 3.84. The van der Waals surface area contributed by atoms with Crippen LogP contribution in [0.4, 0.5) is 0 Å². The van der Waals surface area contributed by atoms with Crippen molar-refractivity contribution in [2.75, 3.05) is 0 Å². The van der Waals surface area contributed by atoms with E-state index in [1.807, 2.05) is 55.9 Å². The summed E-state index contributed by atoms with van der Waals surface area (Å²) in [6.45, 7) is 2.08. The van der Waals surface area contributed by atoms with Crippen molar-refractivity contribution in [2.24, 2.45) is 7.05 Å². The maximum atomic E-state index is 12.8. The minimum absolute atomic E-state index is 0.0899. The van der Waals surface area contributed by atoms with Gasteiger partial charge in [0.05, 0.1) is 11.9 Å². The van der Waals surface area contributed by atoms with E-state index in [9.17, 15) is 9.59 Å². The minimum atomic E-state index is 0.0899. The van der Waals surface area contributed by atoms with E-state index in [4.69, 9.17) is 0 Å². The molecule has 0 spiro atoms. The SMILES string of the molecule is CCCCC(=O)c1ccc(Cc2ncc(-c3cnn(C)c3)c3c2C(=O)CC=C3)cc1. The average molecular weight is 399 g/mol. The zero-order valence-corrected chi connectivity index (χ0v) is 17.4. The van der Waals surface area contributed by atoms with Crippen molar-refractivity contribution in [3.8, 4) is 11.1 Å². The monoisotopic (exact) mass is 399 g/mol. The van der Waals surface area contributed by atoms with Crippen LogP contribution in [0.1, 0.15) is 70.1 Å². The Morgan fingerprint density at radius 2 is 1.97 bits per heavy atom. The first kappa shape index (κ1) is 20.0. The second kappa shape index (κ2) is 8.57. The number of aryl methyl sites for hydroxylation is 1. The van der Waals surface area contributed by atoms with Crippen LogP contribution in [0, 0.1) is 0 Å². The molecule has 30 heavy (non-hydrogen) atoms. The lowest BCUT2D eigenvalue weighted by atomic mass is 9.88. The number of rotatable bonds is 7. The summed E-state index contributed by atoms with van der Waals surface area (Å²) >= 11 is 0. The molecule has 0 saturated carbocycles. The Hall–Kier alpha value is -3.34. The summed E-state index contributed by atoms with van der Waals surface area (Å²) in [6.07, 6.45) is 12.9. The van der Waals surface area contributed by atoms with Gasteiger partial charge in [0.25, 0.3) is 0 Å². The van der Waals surface area contributed by atoms with E-state index in [-0.39, 0.29) is 11.6 Å². The number of nitrogens with zero attached hydrogens (tertiary/aromatic N) is 3. The molecule has 2 aromatic heterocycles. The van der Waals surface area contributed by atoms with Crippen LogP contribution in [-0.2, 0) is 13.5 Å². The Morgan fingerprint density at radius 1 is 1.17 bits per heavy atom. The molecule has 0 amide bonds. The highest BCUT2D eigenvalue weighted by Gasteiger charge is 2.23. The van der Waals surface area contributed by atoms with Crippen molar-refractivity contribution in [1.82, 2.24) is 14.8 Å². The van der Waals surface area contributed by atoms with E-state index < -0.39 is 0 Å². The molecule has 1 aliphatic rings. The Kier molecular flexibility index (Phi) is 5.70. The van der Waals surface area contributed by atoms with E-state index >= 15 is 0 Å². The van der Waals surface area contributed by atoms with Gasteiger partial charge in [0.2, 0.25) is 0 Å². The quantitative estimate of drug-likeness (QED) is 0.522. The van der Waals surface area contributed by atoms with Gasteiger partial charge in [0.15, 0.2) is 11.6 Å². The Balaban J connectivity index is 1.64. The molecule has 1 aliphatic carbocycles. The van der Waals surface area contributed by atoms with Gasteiger partial charge in [-0.2, -0.15) is 5.10 Å². The van der Waals surface area contributed by atoms with Gasteiger partial charge in [-0.25, -0.2) is 0 Å². The molecular weight excluding hydrogens is 374 g/mol. The van der Waals surface area contributed by atoms with Gasteiger partial charge in [0.1, 0.15) is 0 Å². The van der Waals surface area contributed by atoms with E-state index in [1.54, 1.807) is 10.9 Å². The third-order valence-corrected chi connectivity index (χ3v) is 5.48. The second-order valence-electron chi connectivity index (χ2n) is 7.74. The van der Waals surface area contributed by atoms with Crippen LogP contribution in [0.2, 0.25) is 0 Å². The first-order valence-corrected chi connectivity index (χ1v) is 10.4. The van der Waals surface area contributed by atoms with Crippen LogP contribution in [0.3, 0.4) is 0 Å². The number of unbranched alkanes of at least 4 members (excludes halogenated alkanes) is 1. The highest BCUT2D eigenvalue weighted by Crippen LogP contribution is 2.32. The number of fused-ring (bicyclic) bond motifs is 1. The first-order valence-electron chi connectivity index (χ1n) is 10.4. The number of hydrogen-bond donors (Lipinski definition) is 0. The third-order valence-electron chi connectivity index (χ3n) is 5.48. The molecule has 152 valence electrons. The van der Waals surface area contributed by atoms with Crippen molar-refractivity contribution in [2.45, 2.75) is 39.0 Å². The molecule has 0 atom stereocenters. The Morgan fingerprint density at radius 3 is 2.67 bits per heavy atom. The molecule has 4 rings (SSSR count). The summed E-state index contributed by atoms with van der Waals surface area (Å²) < 4.78 is 1.74. The van der Waals surface area contributed by atoms with E-state index in [0.29, 0.717) is 24.8 Å². The molecule has 5 nitrogen and oxygen atoms in total. The molecule has 0 bridgehead atoms. The van der Waals surface area contributed by atoms with Crippen molar-refractivity contribution >= 4 is 17.6 Å². The zero-order valence-electron chi connectivity index (χ0n) is 17.4. The normalized spacial score (nSPS) is 12.8. The molecule has 2 heterocycles. The van der Waals surface area contributed by atoms with E-state index in [0.717, 1.165) is 46.4 Å². The summed E-state index contributed by atoms with van der Waals surface area (Å²) in [5.74, 6) is 0.271. The van der Waals surface area contributed by atoms with Gasteiger partial charge in [-0.15, -0.1) is 0 Å². The number of Topliss-reactive ketones (excluding diaryl/α,β-unsaturated/α-hetero) is 2. The number of benzene rings is 1. The number of pyridine rings is 1. The Bertz CT molecular complexity index is 1120. The summed E-state index contributed by atoms with van der Waals surface area (Å²) in [5, 5.41) is 4.24. The van der Waals surface area contributed by atoms with Crippen molar-refractivity contribution < 1.29 is 9.59 Å². The highest BCUT2D eigenvalue weighted by atomic mass is 16.1. The maximum absolute atomic E-state index is 12.8. The van der Waals surface area contributed by atoms with Crippen LogP contribution in [0.25, 0.3) is 17.2 Å².